The van der Waals surface area contributed by atoms with Gasteiger partial charge in [0.15, 0.2) is 0 Å². The van der Waals surface area contributed by atoms with Crippen LogP contribution >= 0.6 is 0 Å². The average Bonchev–Trinajstić information content (AvgIpc) is 2.36. The molecule has 0 aliphatic heterocycles. The summed E-state index contributed by atoms with van der Waals surface area (Å²) in [6, 6.07) is 0.418. The average molecular weight is 240 g/mol. The van der Waals surface area contributed by atoms with E-state index >= 15 is 0 Å². The smallest absolute Gasteiger partial charge is 0.223 e. The molecule has 3 unspecified atom stereocenters. The molecule has 1 amide bonds. The molecule has 1 saturated carbocycles. The molecule has 0 bridgehead atoms. The highest BCUT2D eigenvalue weighted by Gasteiger charge is 2.23. The number of rotatable bonds is 6. The molecule has 0 aromatic heterocycles. The second kappa shape index (κ2) is 7.70. The van der Waals surface area contributed by atoms with Gasteiger partial charge < -0.3 is 11.1 Å². The van der Waals surface area contributed by atoms with E-state index < -0.39 is 0 Å². The maximum Gasteiger partial charge on any atom is 0.223 e. The highest BCUT2D eigenvalue weighted by Crippen LogP contribution is 2.26. The van der Waals surface area contributed by atoms with E-state index in [2.05, 4.69) is 12.2 Å². The Morgan fingerprint density at radius 2 is 2.24 bits per heavy atom. The van der Waals surface area contributed by atoms with Crippen LogP contribution in [0.3, 0.4) is 0 Å². The van der Waals surface area contributed by atoms with Crippen molar-refractivity contribution in [3.05, 3.63) is 0 Å². The maximum absolute atomic E-state index is 12.0. The minimum Gasteiger partial charge on any atom is -0.353 e. The zero-order valence-corrected chi connectivity index (χ0v) is 11.4. The van der Waals surface area contributed by atoms with Gasteiger partial charge in [-0.2, -0.15) is 0 Å². The molecule has 1 rings (SSSR count). The van der Waals surface area contributed by atoms with Crippen LogP contribution in [-0.4, -0.2) is 18.5 Å². The van der Waals surface area contributed by atoms with E-state index in [1.54, 1.807) is 0 Å². The van der Waals surface area contributed by atoms with Crippen LogP contribution in [0.4, 0.5) is 0 Å². The van der Waals surface area contributed by atoms with Gasteiger partial charge in [-0.15, -0.1) is 0 Å². The summed E-state index contributed by atoms with van der Waals surface area (Å²) < 4.78 is 0. The summed E-state index contributed by atoms with van der Waals surface area (Å²) >= 11 is 0. The molecule has 3 heteroatoms. The lowest BCUT2D eigenvalue weighted by molar-refractivity contribution is -0.125. The van der Waals surface area contributed by atoms with Crippen molar-refractivity contribution in [3.8, 4) is 0 Å². The van der Waals surface area contributed by atoms with Crippen molar-refractivity contribution in [2.75, 3.05) is 6.54 Å². The molecule has 100 valence electrons. The molecule has 0 spiro atoms. The quantitative estimate of drug-likeness (QED) is 0.749. The van der Waals surface area contributed by atoms with Crippen molar-refractivity contribution in [1.29, 1.82) is 0 Å². The monoisotopic (exact) mass is 240 g/mol. The van der Waals surface area contributed by atoms with Gasteiger partial charge in [0.05, 0.1) is 0 Å². The number of amides is 1. The molecule has 0 heterocycles. The Balaban J connectivity index is 2.29. The van der Waals surface area contributed by atoms with Crippen LogP contribution in [0.15, 0.2) is 0 Å². The molecule has 0 radical (unpaired) electrons. The predicted molar refractivity (Wildman–Crippen MR) is 71.6 cm³/mol. The fraction of sp³-hybridized carbons (Fsp3) is 0.929. The molecule has 1 aliphatic carbocycles. The van der Waals surface area contributed by atoms with Crippen molar-refractivity contribution in [3.63, 3.8) is 0 Å². The van der Waals surface area contributed by atoms with Crippen LogP contribution in [0.5, 0.6) is 0 Å². The van der Waals surface area contributed by atoms with Crippen LogP contribution in [0.25, 0.3) is 0 Å². The number of carbonyl (C=O) groups excluding carboxylic acids is 1. The van der Waals surface area contributed by atoms with Gasteiger partial charge >= 0.3 is 0 Å². The molecular weight excluding hydrogens is 212 g/mol. The van der Waals surface area contributed by atoms with Crippen LogP contribution in [-0.2, 0) is 4.79 Å². The summed E-state index contributed by atoms with van der Waals surface area (Å²) in [7, 11) is 0. The molecule has 0 saturated heterocycles. The van der Waals surface area contributed by atoms with Crippen molar-refractivity contribution >= 4 is 5.91 Å². The molecule has 0 aromatic rings. The summed E-state index contributed by atoms with van der Waals surface area (Å²) in [6.07, 6.45) is 8.03. The Labute approximate surface area is 106 Å². The van der Waals surface area contributed by atoms with Crippen LogP contribution in [0.2, 0.25) is 0 Å². The molecule has 1 fully saturated rings. The van der Waals surface area contributed by atoms with Crippen molar-refractivity contribution in [1.82, 2.24) is 5.32 Å². The van der Waals surface area contributed by atoms with Gasteiger partial charge in [0, 0.05) is 12.0 Å². The normalized spacial score (nSPS) is 26.5. The van der Waals surface area contributed by atoms with Gasteiger partial charge in [-0.25, -0.2) is 0 Å². The third kappa shape index (κ3) is 5.07. The highest BCUT2D eigenvalue weighted by atomic mass is 16.1. The van der Waals surface area contributed by atoms with E-state index in [1.165, 1.54) is 25.7 Å². The number of carbonyl (C=O) groups is 1. The molecule has 17 heavy (non-hydrogen) atoms. The number of hydrogen-bond acceptors (Lipinski definition) is 2. The Hall–Kier alpha value is -0.570. The Bertz CT molecular complexity index is 230. The minimum atomic E-state index is 0.112. The van der Waals surface area contributed by atoms with Crippen LogP contribution in [0, 0.1) is 11.8 Å². The van der Waals surface area contributed by atoms with Crippen LogP contribution < -0.4 is 11.1 Å². The van der Waals surface area contributed by atoms with Gasteiger partial charge in [0.1, 0.15) is 0 Å². The van der Waals surface area contributed by atoms with Crippen molar-refractivity contribution in [2.45, 2.75) is 64.8 Å². The lowest BCUT2D eigenvalue weighted by atomic mass is 9.84. The first-order valence-corrected chi connectivity index (χ1v) is 7.17. The van der Waals surface area contributed by atoms with E-state index in [4.69, 9.17) is 5.73 Å². The minimum absolute atomic E-state index is 0.112. The van der Waals surface area contributed by atoms with Gasteiger partial charge in [-0.3, -0.25) is 4.79 Å². The fourth-order valence-corrected chi connectivity index (χ4v) is 2.69. The lowest BCUT2D eigenvalue weighted by Gasteiger charge is -2.30. The van der Waals surface area contributed by atoms with E-state index in [9.17, 15) is 4.79 Å². The highest BCUT2D eigenvalue weighted by molar-refractivity contribution is 5.78. The van der Waals surface area contributed by atoms with Crippen molar-refractivity contribution < 1.29 is 4.79 Å². The maximum atomic E-state index is 12.0. The van der Waals surface area contributed by atoms with Gasteiger partial charge in [-0.05, 0) is 38.1 Å². The summed E-state index contributed by atoms with van der Waals surface area (Å²) in [5.41, 5.74) is 5.47. The predicted octanol–water partition coefficient (Wildman–Crippen LogP) is 2.45. The molecule has 3 atom stereocenters. The van der Waals surface area contributed by atoms with Gasteiger partial charge in [-0.1, -0.05) is 33.1 Å². The zero-order valence-electron chi connectivity index (χ0n) is 11.4. The number of hydrogen-bond donors (Lipinski definition) is 2. The second-order valence-electron chi connectivity index (χ2n) is 5.48. The summed E-state index contributed by atoms with van der Waals surface area (Å²) in [4.78, 5) is 12.0. The molecule has 0 aromatic carbocycles. The first-order chi connectivity index (χ1) is 8.17. The Morgan fingerprint density at radius 1 is 1.47 bits per heavy atom. The van der Waals surface area contributed by atoms with E-state index in [1.807, 2.05) is 6.92 Å². The van der Waals surface area contributed by atoms with E-state index in [0.29, 0.717) is 12.6 Å². The topological polar surface area (TPSA) is 55.1 Å². The molecule has 1 aliphatic rings. The first-order valence-electron chi connectivity index (χ1n) is 7.17. The standard InChI is InChI=1S/C14H28N2O/c1-3-12-7-4-8-13(10-12)16-14(17)11(2)6-5-9-15/h11-13H,3-10,15H2,1-2H3,(H,16,17). The third-order valence-corrected chi connectivity index (χ3v) is 4.00. The lowest BCUT2D eigenvalue weighted by Crippen LogP contribution is -2.41. The number of nitrogens with one attached hydrogen (secondary N) is 1. The van der Waals surface area contributed by atoms with Gasteiger partial charge in [0.25, 0.3) is 0 Å². The van der Waals surface area contributed by atoms with E-state index in [-0.39, 0.29) is 11.8 Å². The fourth-order valence-electron chi connectivity index (χ4n) is 2.69. The molecule has 3 nitrogen and oxygen atoms in total. The summed E-state index contributed by atoms with van der Waals surface area (Å²) in [5, 5.41) is 3.21. The van der Waals surface area contributed by atoms with Crippen molar-refractivity contribution in [2.24, 2.45) is 17.6 Å². The Morgan fingerprint density at radius 3 is 2.88 bits per heavy atom. The molecular formula is C14H28N2O. The third-order valence-electron chi connectivity index (χ3n) is 4.00. The van der Waals surface area contributed by atoms with E-state index in [0.717, 1.165) is 25.2 Å². The summed E-state index contributed by atoms with van der Waals surface area (Å²) in [6.45, 7) is 4.93. The SMILES string of the molecule is CCC1CCCC(NC(=O)C(C)CCCN)C1. The largest absolute Gasteiger partial charge is 0.353 e. The number of nitrogens with two attached hydrogens (primary N) is 1. The molecule has 3 N–H and O–H groups in total. The van der Waals surface area contributed by atoms with Gasteiger partial charge in [0.2, 0.25) is 5.91 Å². The Kier molecular flexibility index (Phi) is 6.56. The van der Waals surface area contributed by atoms with Crippen LogP contribution in [0.1, 0.15) is 58.8 Å². The zero-order chi connectivity index (χ0) is 12.7. The summed E-state index contributed by atoms with van der Waals surface area (Å²) in [5.74, 6) is 1.15. The first kappa shape index (κ1) is 14.5. The second-order valence-corrected chi connectivity index (χ2v) is 5.48.